The normalized spacial score (nSPS) is 14.0. The number of anilines is 1. The van der Waals surface area contributed by atoms with Crippen molar-refractivity contribution in [2.45, 2.75) is 18.9 Å². The van der Waals surface area contributed by atoms with Crippen LogP contribution in [-0.4, -0.2) is 24.5 Å². The lowest BCUT2D eigenvalue weighted by molar-refractivity contribution is -0.124. The molecule has 0 unspecified atom stereocenters. The number of hydrogen-bond acceptors (Lipinski definition) is 4. The molecule has 2 rings (SSSR count). The second-order valence-electron chi connectivity index (χ2n) is 4.27. The number of esters is 1. The fourth-order valence-electron chi connectivity index (χ4n) is 1.43. The standard InChI is InChI=1S/C12H12BrFN2O3/c13-8-4-9(14)10(15)3-7(8)12(18)19-5-11(17)16-6-1-2-6/h3-4,6H,1-2,5,15H2,(H,16,17). The number of nitrogens with one attached hydrogen (secondary N) is 1. The van der Waals surface area contributed by atoms with E-state index in [4.69, 9.17) is 10.5 Å². The highest BCUT2D eigenvalue weighted by Gasteiger charge is 2.24. The number of nitrogen functional groups attached to an aromatic ring is 1. The Balaban J connectivity index is 1.95. The highest BCUT2D eigenvalue weighted by Crippen LogP contribution is 2.23. The van der Waals surface area contributed by atoms with Crippen LogP contribution < -0.4 is 11.1 Å². The molecule has 1 aliphatic carbocycles. The smallest absolute Gasteiger partial charge is 0.339 e. The maximum Gasteiger partial charge on any atom is 0.339 e. The predicted molar refractivity (Wildman–Crippen MR) is 70.0 cm³/mol. The summed E-state index contributed by atoms with van der Waals surface area (Å²) in [6.07, 6.45) is 1.92. The average molecular weight is 331 g/mol. The summed E-state index contributed by atoms with van der Waals surface area (Å²) >= 11 is 3.04. The van der Waals surface area contributed by atoms with Crippen molar-refractivity contribution in [2.75, 3.05) is 12.3 Å². The molecule has 0 radical (unpaired) electrons. The molecule has 102 valence electrons. The third-order valence-corrected chi connectivity index (χ3v) is 3.24. The summed E-state index contributed by atoms with van der Waals surface area (Å²) in [5, 5.41) is 2.68. The summed E-state index contributed by atoms with van der Waals surface area (Å²) in [5.74, 6) is -1.71. The van der Waals surface area contributed by atoms with Gasteiger partial charge in [-0.25, -0.2) is 9.18 Å². The molecule has 0 aliphatic heterocycles. The van der Waals surface area contributed by atoms with Crippen LogP contribution in [0.15, 0.2) is 16.6 Å². The van der Waals surface area contributed by atoms with Crippen LogP contribution in [0.2, 0.25) is 0 Å². The molecule has 1 amide bonds. The minimum atomic E-state index is -0.732. The average Bonchev–Trinajstić information content (AvgIpc) is 3.14. The summed E-state index contributed by atoms with van der Waals surface area (Å²) in [6.45, 7) is -0.362. The molecule has 19 heavy (non-hydrogen) atoms. The van der Waals surface area contributed by atoms with E-state index in [1.807, 2.05) is 0 Å². The first-order chi connectivity index (χ1) is 8.97. The summed E-state index contributed by atoms with van der Waals surface area (Å²) in [4.78, 5) is 23.1. The molecule has 0 atom stereocenters. The molecule has 0 saturated heterocycles. The molecule has 1 aliphatic rings. The first kappa shape index (κ1) is 13.8. The van der Waals surface area contributed by atoms with Crippen molar-refractivity contribution in [1.29, 1.82) is 0 Å². The topological polar surface area (TPSA) is 81.4 Å². The Morgan fingerprint density at radius 2 is 2.16 bits per heavy atom. The predicted octanol–water partition coefficient (Wildman–Crippen LogP) is 1.61. The molecule has 0 spiro atoms. The minimum Gasteiger partial charge on any atom is -0.452 e. The van der Waals surface area contributed by atoms with Gasteiger partial charge in [0.2, 0.25) is 0 Å². The maximum absolute atomic E-state index is 13.1. The Hall–Kier alpha value is -1.63. The molecule has 1 saturated carbocycles. The zero-order valence-electron chi connectivity index (χ0n) is 9.91. The van der Waals surface area contributed by atoms with Gasteiger partial charge in [-0.3, -0.25) is 4.79 Å². The number of rotatable bonds is 4. The Bertz CT molecular complexity index is 532. The molecular formula is C12H12BrFN2O3. The number of carbonyl (C=O) groups is 2. The van der Waals surface area contributed by atoms with E-state index < -0.39 is 11.8 Å². The largest absolute Gasteiger partial charge is 0.452 e. The van der Waals surface area contributed by atoms with Gasteiger partial charge in [0.1, 0.15) is 5.82 Å². The van der Waals surface area contributed by atoms with Gasteiger partial charge in [-0.2, -0.15) is 0 Å². The van der Waals surface area contributed by atoms with E-state index >= 15 is 0 Å². The molecule has 5 nitrogen and oxygen atoms in total. The lowest BCUT2D eigenvalue weighted by atomic mass is 10.2. The fraction of sp³-hybridized carbons (Fsp3) is 0.333. The van der Waals surface area contributed by atoms with Gasteiger partial charge >= 0.3 is 5.97 Å². The molecule has 0 aromatic heterocycles. The van der Waals surface area contributed by atoms with Crippen molar-refractivity contribution in [1.82, 2.24) is 5.32 Å². The van der Waals surface area contributed by atoms with E-state index in [9.17, 15) is 14.0 Å². The van der Waals surface area contributed by atoms with Gasteiger partial charge in [0.05, 0.1) is 11.3 Å². The zero-order valence-corrected chi connectivity index (χ0v) is 11.5. The number of carbonyl (C=O) groups excluding carboxylic acids is 2. The SMILES string of the molecule is Nc1cc(C(=O)OCC(=O)NC2CC2)c(Br)cc1F. The number of hydrogen-bond donors (Lipinski definition) is 2. The Morgan fingerprint density at radius 1 is 1.47 bits per heavy atom. The Kier molecular flexibility index (Phi) is 4.04. The Morgan fingerprint density at radius 3 is 2.79 bits per heavy atom. The van der Waals surface area contributed by atoms with Crippen LogP contribution in [0.1, 0.15) is 23.2 Å². The van der Waals surface area contributed by atoms with Crippen LogP contribution in [-0.2, 0) is 9.53 Å². The van der Waals surface area contributed by atoms with Gasteiger partial charge < -0.3 is 15.8 Å². The van der Waals surface area contributed by atoms with Crippen molar-refractivity contribution < 1.29 is 18.7 Å². The third-order valence-electron chi connectivity index (χ3n) is 2.58. The van der Waals surface area contributed by atoms with Crippen LogP contribution in [0.5, 0.6) is 0 Å². The van der Waals surface area contributed by atoms with Gasteiger partial charge in [-0.05, 0) is 40.9 Å². The lowest BCUT2D eigenvalue weighted by Crippen LogP contribution is -2.30. The number of halogens is 2. The Labute approximate surface area is 117 Å². The maximum atomic E-state index is 13.1. The van der Waals surface area contributed by atoms with Crippen LogP contribution in [0.3, 0.4) is 0 Å². The van der Waals surface area contributed by atoms with Crippen molar-refractivity contribution in [3.05, 3.63) is 28.0 Å². The van der Waals surface area contributed by atoms with Gasteiger partial charge in [0, 0.05) is 10.5 Å². The van der Waals surface area contributed by atoms with Crippen molar-refractivity contribution in [2.24, 2.45) is 0 Å². The second kappa shape index (κ2) is 5.56. The molecule has 1 fully saturated rings. The quantitative estimate of drug-likeness (QED) is 0.649. The van der Waals surface area contributed by atoms with Gasteiger partial charge in [-0.15, -0.1) is 0 Å². The zero-order chi connectivity index (χ0) is 14.0. The highest BCUT2D eigenvalue weighted by molar-refractivity contribution is 9.10. The van der Waals surface area contributed by atoms with Gasteiger partial charge in [0.25, 0.3) is 5.91 Å². The molecular weight excluding hydrogens is 319 g/mol. The van der Waals surface area contributed by atoms with E-state index in [2.05, 4.69) is 21.2 Å². The molecule has 0 heterocycles. The highest BCUT2D eigenvalue weighted by atomic mass is 79.9. The van der Waals surface area contributed by atoms with E-state index in [0.29, 0.717) is 0 Å². The fourth-order valence-corrected chi connectivity index (χ4v) is 1.91. The lowest BCUT2D eigenvalue weighted by Gasteiger charge is -2.08. The first-order valence-electron chi connectivity index (χ1n) is 5.68. The van der Waals surface area contributed by atoms with Crippen LogP contribution >= 0.6 is 15.9 Å². The molecule has 7 heteroatoms. The number of benzene rings is 1. The molecule has 0 bridgehead atoms. The van der Waals surface area contributed by atoms with E-state index in [1.165, 1.54) is 6.07 Å². The summed E-state index contributed by atoms with van der Waals surface area (Å²) in [6, 6.07) is 2.45. The van der Waals surface area contributed by atoms with Crippen LogP contribution in [0, 0.1) is 5.82 Å². The number of ether oxygens (including phenoxy) is 1. The number of amides is 1. The van der Waals surface area contributed by atoms with Crippen molar-refractivity contribution in [3.8, 4) is 0 Å². The van der Waals surface area contributed by atoms with Crippen molar-refractivity contribution in [3.63, 3.8) is 0 Å². The van der Waals surface area contributed by atoms with E-state index in [-0.39, 0.29) is 34.3 Å². The first-order valence-corrected chi connectivity index (χ1v) is 6.47. The summed E-state index contributed by atoms with van der Waals surface area (Å²) < 4.78 is 18.2. The molecule has 3 N–H and O–H groups in total. The van der Waals surface area contributed by atoms with Crippen molar-refractivity contribution >= 4 is 33.5 Å². The van der Waals surface area contributed by atoms with Gasteiger partial charge in [-0.1, -0.05) is 0 Å². The monoisotopic (exact) mass is 330 g/mol. The second-order valence-corrected chi connectivity index (χ2v) is 5.13. The minimum absolute atomic E-state index is 0.0816. The van der Waals surface area contributed by atoms with Crippen LogP contribution in [0.25, 0.3) is 0 Å². The van der Waals surface area contributed by atoms with E-state index in [0.717, 1.165) is 18.9 Å². The molecule has 1 aromatic rings. The summed E-state index contributed by atoms with van der Waals surface area (Å²) in [5.41, 5.74) is 5.30. The number of nitrogens with two attached hydrogens (primary N) is 1. The van der Waals surface area contributed by atoms with Gasteiger partial charge in [0.15, 0.2) is 6.61 Å². The van der Waals surface area contributed by atoms with E-state index in [1.54, 1.807) is 0 Å². The summed E-state index contributed by atoms with van der Waals surface area (Å²) in [7, 11) is 0. The molecule has 1 aromatic carbocycles. The van der Waals surface area contributed by atoms with Crippen LogP contribution in [0.4, 0.5) is 10.1 Å². The third kappa shape index (κ3) is 3.66.